The van der Waals surface area contributed by atoms with Gasteiger partial charge in [0, 0.05) is 11.3 Å². The lowest BCUT2D eigenvalue weighted by atomic mass is 10.2. The van der Waals surface area contributed by atoms with Gasteiger partial charge in [-0.3, -0.25) is 10.2 Å². The van der Waals surface area contributed by atoms with Gasteiger partial charge in [0.2, 0.25) is 0 Å². The second-order valence-corrected chi connectivity index (χ2v) is 4.98. The fourth-order valence-corrected chi connectivity index (χ4v) is 1.82. The van der Waals surface area contributed by atoms with Crippen LogP contribution in [-0.4, -0.2) is 11.9 Å². The Bertz CT molecular complexity index is 708. The van der Waals surface area contributed by atoms with Gasteiger partial charge in [0.15, 0.2) is 0 Å². The van der Waals surface area contributed by atoms with E-state index in [0.717, 1.165) is 12.1 Å². The van der Waals surface area contributed by atoms with Gasteiger partial charge in [-0.2, -0.15) is 0 Å². The van der Waals surface area contributed by atoms with Crippen molar-refractivity contribution in [1.82, 2.24) is 10.9 Å². The Morgan fingerprint density at radius 2 is 1.59 bits per heavy atom. The van der Waals surface area contributed by atoms with Crippen LogP contribution in [0.3, 0.4) is 0 Å². The molecule has 114 valence electrons. The number of halogens is 3. The predicted molar refractivity (Wildman–Crippen MR) is 82.5 cm³/mol. The number of hydrogen-bond donors (Lipinski definition) is 3. The first-order valence-corrected chi connectivity index (χ1v) is 6.79. The highest BCUT2D eigenvalue weighted by Gasteiger charge is 2.08. The minimum absolute atomic E-state index is 0.205. The van der Waals surface area contributed by atoms with Gasteiger partial charge in [0.05, 0.1) is 10.0 Å². The van der Waals surface area contributed by atoms with Crippen LogP contribution < -0.4 is 16.2 Å². The van der Waals surface area contributed by atoms with Gasteiger partial charge in [-0.05, 0) is 42.5 Å². The molecule has 2 rings (SSSR count). The molecule has 0 fully saturated rings. The van der Waals surface area contributed by atoms with Crippen molar-refractivity contribution in [3.05, 3.63) is 63.9 Å². The van der Waals surface area contributed by atoms with Gasteiger partial charge < -0.3 is 5.32 Å². The van der Waals surface area contributed by atoms with Crippen LogP contribution in [0.5, 0.6) is 0 Å². The van der Waals surface area contributed by atoms with E-state index in [9.17, 15) is 14.0 Å². The predicted octanol–water partition coefficient (Wildman–Crippen LogP) is 3.60. The summed E-state index contributed by atoms with van der Waals surface area (Å²) in [5.41, 5.74) is 4.95. The van der Waals surface area contributed by atoms with E-state index in [1.807, 2.05) is 0 Å². The third-order valence-corrected chi connectivity index (χ3v) is 3.31. The minimum atomic E-state index is -0.672. The average Bonchev–Trinajstić information content (AvgIpc) is 2.49. The molecule has 8 heteroatoms. The number of benzene rings is 2. The second kappa shape index (κ2) is 7.11. The van der Waals surface area contributed by atoms with Gasteiger partial charge in [-0.25, -0.2) is 14.6 Å². The zero-order valence-electron chi connectivity index (χ0n) is 11.0. The maximum atomic E-state index is 12.7. The number of nitrogens with one attached hydrogen (secondary N) is 3. The van der Waals surface area contributed by atoms with Crippen LogP contribution in [0.4, 0.5) is 14.9 Å². The summed E-state index contributed by atoms with van der Waals surface area (Å²) in [6, 6.07) is 8.74. The Morgan fingerprint density at radius 3 is 2.23 bits per heavy atom. The van der Waals surface area contributed by atoms with E-state index in [0.29, 0.717) is 10.7 Å². The van der Waals surface area contributed by atoms with Gasteiger partial charge in [-0.1, -0.05) is 23.2 Å². The zero-order valence-corrected chi connectivity index (χ0v) is 12.5. The molecule has 0 radical (unpaired) electrons. The number of carbonyl (C=O) groups is 2. The highest BCUT2D eigenvalue weighted by Crippen LogP contribution is 2.24. The molecule has 0 spiro atoms. The summed E-state index contributed by atoms with van der Waals surface area (Å²) in [6.07, 6.45) is 0. The summed E-state index contributed by atoms with van der Waals surface area (Å²) in [5, 5.41) is 3.10. The molecule has 0 unspecified atom stereocenters. The van der Waals surface area contributed by atoms with Crippen LogP contribution in [0, 0.1) is 5.82 Å². The molecular weight excluding hydrogens is 332 g/mol. The molecule has 3 N–H and O–H groups in total. The van der Waals surface area contributed by atoms with Crippen molar-refractivity contribution < 1.29 is 14.0 Å². The molecule has 0 aliphatic carbocycles. The largest absolute Gasteiger partial charge is 0.337 e. The Hall–Kier alpha value is -2.31. The number of amides is 3. The number of carbonyl (C=O) groups excluding carboxylic acids is 2. The van der Waals surface area contributed by atoms with E-state index in [-0.39, 0.29) is 10.6 Å². The molecule has 0 aliphatic heterocycles. The lowest BCUT2D eigenvalue weighted by molar-refractivity contribution is 0.0938. The molecule has 22 heavy (non-hydrogen) atoms. The van der Waals surface area contributed by atoms with Gasteiger partial charge in [-0.15, -0.1) is 0 Å². The molecule has 2 aromatic carbocycles. The average molecular weight is 342 g/mol. The lowest BCUT2D eigenvalue weighted by Crippen LogP contribution is -2.43. The molecular formula is C14H10Cl2FN3O2. The molecule has 0 heterocycles. The highest BCUT2D eigenvalue weighted by molar-refractivity contribution is 6.42. The molecule has 0 bridgehead atoms. The van der Waals surface area contributed by atoms with E-state index in [4.69, 9.17) is 23.2 Å². The van der Waals surface area contributed by atoms with Crippen LogP contribution in [0.25, 0.3) is 0 Å². The van der Waals surface area contributed by atoms with Crippen LogP contribution >= 0.6 is 23.2 Å². The SMILES string of the molecule is O=C(NNC(=O)c1ccc(F)cc1)Nc1ccc(Cl)c(Cl)c1. The molecule has 0 saturated carbocycles. The normalized spacial score (nSPS) is 9.95. The summed E-state index contributed by atoms with van der Waals surface area (Å²) in [6.45, 7) is 0. The van der Waals surface area contributed by atoms with E-state index >= 15 is 0 Å². The maximum Gasteiger partial charge on any atom is 0.337 e. The molecule has 3 amide bonds. The lowest BCUT2D eigenvalue weighted by Gasteiger charge is -2.09. The van der Waals surface area contributed by atoms with Crippen molar-refractivity contribution in [2.45, 2.75) is 0 Å². The first-order chi connectivity index (χ1) is 10.5. The number of urea groups is 1. The van der Waals surface area contributed by atoms with E-state index < -0.39 is 17.8 Å². The van der Waals surface area contributed by atoms with Crippen molar-refractivity contribution in [3.8, 4) is 0 Å². The summed E-state index contributed by atoms with van der Waals surface area (Å²) in [5.74, 6) is -1.04. The third-order valence-electron chi connectivity index (χ3n) is 2.57. The molecule has 0 aromatic heterocycles. The first-order valence-electron chi connectivity index (χ1n) is 6.03. The zero-order chi connectivity index (χ0) is 16.1. The van der Waals surface area contributed by atoms with Crippen molar-refractivity contribution in [3.63, 3.8) is 0 Å². The summed E-state index contributed by atoms with van der Waals surface area (Å²) < 4.78 is 12.7. The number of anilines is 1. The van der Waals surface area contributed by atoms with Crippen molar-refractivity contribution in [2.24, 2.45) is 0 Å². The standard InChI is InChI=1S/C14H10Cl2FN3O2/c15-11-6-5-10(7-12(11)16)18-14(22)20-19-13(21)8-1-3-9(17)4-2-8/h1-7H,(H,19,21)(H2,18,20,22). The van der Waals surface area contributed by atoms with Crippen molar-refractivity contribution in [2.75, 3.05) is 5.32 Å². The Labute approximate surface area is 135 Å². The number of hydrogen-bond acceptors (Lipinski definition) is 2. The Morgan fingerprint density at radius 1 is 0.909 bits per heavy atom. The third kappa shape index (κ3) is 4.34. The quantitative estimate of drug-likeness (QED) is 0.730. The molecule has 0 saturated heterocycles. The van der Waals surface area contributed by atoms with E-state index in [1.54, 1.807) is 6.07 Å². The molecule has 0 atom stereocenters. The maximum absolute atomic E-state index is 12.7. The Kier molecular flexibility index (Phi) is 5.19. The summed E-state index contributed by atoms with van der Waals surface area (Å²) >= 11 is 11.6. The molecule has 2 aromatic rings. The van der Waals surface area contributed by atoms with Crippen molar-refractivity contribution in [1.29, 1.82) is 0 Å². The van der Waals surface area contributed by atoms with Gasteiger partial charge >= 0.3 is 6.03 Å². The van der Waals surface area contributed by atoms with Crippen LogP contribution in [0.15, 0.2) is 42.5 Å². The fraction of sp³-hybridized carbons (Fsp3) is 0. The minimum Gasteiger partial charge on any atom is -0.307 e. The summed E-state index contributed by atoms with van der Waals surface area (Å²) in [7, 11) is 0. The highest BCUT2D eigenvalue weighted by atomic mass is 35.5. The van der Waals surface area contributed by atoms with Crippen LogP contribution in [-0.2, 0) is 0 Å². The van der Waals surface area contributed by atoms with Gasteiger partial charge in [0.1, 0.15) is 5.82 Å². The molecule has 0 aliphatic rings. The monoisotopic (exact) mass is 341 g/mol. The summed E-state index contributed by atoms with van der Waals surface area (Å²) in [4.78, 5) is 23.3. The molecule has 5 nitrogen and oxygen atoms in total. The van der Waals surface area contributed by atoms with Gasteiger partial charge in [0.25, 0.3) is 5.91 Å². The Balaban J connectivity index is 1.88. The topological polar surface area (TPSA) is 70.2 Å². The fourth-order valence-electron chi connectivity index (χ4n) is 1.52. The first kappa shape index (κ1) is 16.1. The smallest absolute Gasteiger partial charge is 0.307 e. The van der Waals surface area contributed by atoms with E-state index in [2.05, 4.69) is 16.2 Å². The van der Waals surface area contributed by atoms with Crippen LogP contribution in [0.2, 0.25) is 10.0 Å². The second-order valence-electron chi connectivity index (χ2n) is 4.17. The number of rotatable bonds is 2. The number of hydrazine groups is 1. The van der Waals surface area contributed by atoms with Crippen LogP contribution in [0.1, 0.15) is 10.4 Å². The van der Waals surface area contributed by atoms with Crippen molar-refractivity contribution >= 4 is 40.8 Å². The van der Waals surface area contributed by atoms with E-state index in [1.165, 1.54) is 24.3 Å².